The zero-order valence-corrected chi connectivity index (χ0v) is 11.5. The first-order valence-corrected chi connectivity index (χ1v) is 7.84. The van der Waals surface area contributed by atoms with Gasteiger partial charge in [-0.15, -0.1) is 0 Å². The Morgan fingerprint density at radius 1 is 1.00 bits per heavy atom. The van der Waals surface area contributed by atoms with E-state index in [9.17, 15) is 0 Å². The first-order valence-electron chi connectivity index (χ1n) is 7.84. The molecule has 17 heavy (non-hydrogen) atoms. The highest BCUT2D eigenvalue weighted by Gasteiger charge is 2.19. The summed E-state index contributed by atoms with van der Waals surface area (Å²) in [5.74, 6) is 0. The molecule has 2 rings (SSSR count). The normalized spacial score (nSPS) is 29.8. The number of nitrogens with one attached hydrogen (secondary N) is 2. The molecule has 1 aliphatic carbocycles. The van der Waals surface area contributed by atoms with Crippen LogP contribution in [0.4, 0.5) is 0 Å². The zero-order valence-electron chi connectivity index (χ0n) is 11.5. The minimum Gasteiger partial charge on any atom is -0.314 e. The van der Waals surface area contributed by atoms with Crippen molar-refractivity contribution in [3.8, 4) is 0 Å². The maximum Gasteiger partial charge on any atom is 0.00822 e. The van der Waals surface area contributed by atoms with E-state index in [-0.39, 0.29) is 0 Å². The second-order valence-corrected chi connectivity index (χ2v) is 6.14. The van der Waals surface area contributed by atoms with Crippen molar-refractivity contribution < 1.29 is 0 Å². The van der Waals surface area contributed by atoms with Crippen molar-refractivity contribution in [3.05, 3.63) is 0 Å². The van der Waals surface area contributed by atoms with Crippen LogP contribution in [0.3, 0.4) is 0 Å². The third-order valence-electron chi connectivity index (χ3n) is 4.43. The summed E-state index contributed by atoms with van der Waals surface area (Å²) in [6.07, 6.45) is 14.1. The van der Waals surface area contributed by atoms with Crippen molar-refractivity contribution in [2.45, 2.75) is 89.3 Å². The van der Waals surface area contributed by atoms with Gasteiger partial charge in [-0.25, -0.2) is 0 Å². The summed E-state index contributed by atoms with van der Waals surface area (Å²) in [7, 11) is 0. The van der Waals surface area contributed by atoms with Gasteiger partial charge in [-0.1, -0.05) is 32.1 Å². The number of hydrogen-bond acceptors (Lipinski definition) is 2. The summed E-state index contributed by atoms with van der Waals surface area (Å²) >= 11 is 0. The minimum atomic E-state index is 0.690. The molecule has 0 aromatic rings. The second-order valence-electron chi connectivity index (χ2n) is 6.14. The lowest BCUT2D eigenvalue weighted by atomic mass is 9.95. The quantitative estimate of drug-likeness (QED) is 0.786. The van der Waals surface area contributed by atoms with Gasteiger partial charge in [0.1, 0.15) is 0 Å². The Kier molecular flexibility index (Phi) is 5.79. The number of hydrogen-bond donors (Lipinski definition) is 2. The molecule has 100 valence electrons. The van der Waals surface area contributed by atoms with E-state index in [1.54, 1.807) is 0 Å². The average molecular weight is 238 g/mol. The van der Waals surface area contributed by atoms with Gasteiger partial charge in [0, 0.05) is 18.1 Å². The SMILES string of the molecule is CC(CC1CCCN1)NC1CCCCCCC1. The molecule has 2 nitrogen and oxygen atoms in total. The monoisotopic (exact) mass is 238 g/mol. The van der Waals surface area contributed by atoms with Crippen LogP contribution in [0.1, 0.15) is 71.1 Å². The molecule has 0 aromatic carbocycles. The third kappa shape index (κ3) is 4.97. The van der Waals surface area contributed by atoms with E-state index in [0.29, 0.717) is 6.04 Å². The van der Waals surface area contributed by atoms with Gasteiger partial charge in [0.15, 0.2) is 0 Å². The van der Waals surface area contributed by atoms with E-state index < -0.39 is 0 Å². The van der Waals surface area contributed by atoms with Gasteiger partial charge in [0.05, 0.1) is 0 Å². The highest BCUT2D eigenvalue weighted by molar-refractivity contribution is 4.81. The Bertz CT molecular complexity index is 191. The van der Waals surface area contributed by atoms with Crippen molar-refractivity contribution in [2.24, 2.45) is 0 Å². The van der Waals surface area contributed by atoms with Crippen molar-refractivity contribution in [1.29, 1.82) is 0 Å². The molecule has 2 heteroatoms. The van der Waals surface area contributed by atoms with Crippen LogP contribution in [0.2, 0.25) is 0 Å². The molecule has 0 spiro atoms. The molecular weight excluding hydrogens is 208 g/mol. The summed E-state index contributed by atoms with van der Waals surface area (Å²) in [6.45, 7) is 3.61. The van der Waals surface area contributed by atoms with Crippen LogP contribution in [0.5, 0.6) is 0 Å². The third-order valence-corrected chi connectivity index (χ3v) is 4.43. The molecule has 0 bridgehead atoms. The van der Waals surface area contributed by atoms with Crippen LogP contribution >= 0.6 is 0 Å². The first-order chi connectivity index (χ1) is 8.34. The van der Waals surface area contributed by atoms with Crippen LogP contribution in [0.15, 0.2) is 0 Å². The topological polar surface area (TPSA) is 24.1 Å². The van der Waals surface area contributed by atoms with Gasteiger partial charge in [-0.2, -0.15) is 0 Å². The molecule has 2 aliphatic rings. The van der Waals surface area contributed by atoms with Crippen LogP contribution in [0, 0.1) is 0 Å². The molecule has 2 fully saturated rings. The van der Waals surface area contributed by atoms with E-state index in [1.807, 2.05) is 0 Å². The lowest BCUT2D eigenvalue weighted by Gasteiger charge is -2.26. The molecule has 2 N–H and O–H groups in total. The van der Waals surface area contributed by atoms with Crippen molar-refractivity contribution in [1.82, 2.24) is 10.6 Å². The summed E-state index contributed by atoms with van der Waals surface area (Å²) in [4.78, 5) is 0. The van der Waals surface area contributed by atoms with E-state index >= 15 is 0 Å². The van der Waals surface area contributed by atoms with Gasteiger partial charge >= 0.3 is 0 Å². The maximum absolute atomic E-state index is 3.87. The predicted molar refractivity (Wildman–Crippen MR) is 74.3 cm³/mol. The van der Waals surface area contributed by atoms with Gasteiger partial charge in [-0.3, -0.25) is 0 Å². The molecule has 2 atom stereocenters. The van der Waals surface area contributed by atoms with Crippen LogP contribution in [-0.2, 0) is 0 Å². The largest absolute Gasteiger partial charge is 0.314 e. The molecule has 1 heterocycles. The van der Waals surface area contributed by atoms with Gasteiger partial charge in [-0.05, 0) is 45.6 Å². The van der Waals surface area contributed by atoms with Crippen LogP contribution < -0.4 is 10.6 Å². The molecule has 0 amide bonds. The van der Waals surface area contributed by atoms with E-state index in [4.69, 9.17) is 0 Å². The Morgan fingerprint density at radius 3 is 2.35 bits per heavy atom. The van der Waals surface area contributed by atoms with Gasteiger partial charge in [0.25, 0.3) is 0 Å². The standard InChI is InChI=1S/C15H30N2/c1-13(12-15-10-7-11-16-15)17-14-8-5-3-2-4-6-9-14/h13-17H,2-12H2,1H3. The Balaban J connectivity index is 1.66. The van der Waals surface area contributed by atoms with E-state index in [2.05, 4.69) is 17.6 Å². The predicted octanol–water partition coefficient (Wildman–Crippen LogP) is 3.22. The average Bonchev–Trinajstić information content (AvgIpc) is 2.74. The van der Waals surface area contributed by atoms with Crippen LogP contribution in [0.25, 0.3) is 0 Å². The summed E-state index contributed by atoms with van der Waals surface area (Å²) in [6, 6.07) is 2.27. The molecule has 1 saturated heterocycles. The molecular formula is C15H30N2. The van der Waals surface area contributed by atoms with E-state index in [1.165, 1.54) is 70.8 Å². The highest BCUT2D eigenvalue weighted by Crippen LogP contribution is 2.18. The Morgan fingerprint density at radius 2 is 1.71 bits per heavy atom. The molecule has 2 unspecified atom stereocenters. The Hall–Kier alpha value is -0.0800. The molecule has 1 saturated carbocycles. The van der Waals surface area contributed by atoms with Crippen molar-refractivity contribution in [3.63, 3.8) is 0 Å². The first kappa shape index (κ1) is 13.4. The fourth-order valence-corrected chi connectivity index (χ4v) is 3.48. The Labute approximate surface area is 107 Å². The minimum absolute atomic E-state index is 0.690. The highest BCUT2D eigenvalue weighted by atomic mass is 15.0. The lowest BCUT2D eigenvalue weighted by molar-refractivity contribution is 0.336. The number of rotatable bonds is 4. The second kappa shape index (κ2) is 7.38. The summed E-state index contributed by atoms with van der Waals surface area (Å²) in [5, 5.41) is 7.48. The van der Waals surface area contributed by atoms with Gasteiger partial charge < -0.3 is 10.6 Å². The smallest absolute Gasteiger partial charge is 0.00822 e. The van der Waals surface area contributed by atoms with E-state index in [0.717, 1.165) is 12.1 Å². The van der Waals surface area contributed by atoms with Crippen molar-refractivity contribution in [2.75, 3.05) is 6.54 Å². The fourth-order valence-electron chi connectivity index (χ4n) is 3.48. The summed E-state index contributed by atoms with van der Waals surface area (Å²) < 4.78 is 0. The zero-order chi connectivity index (χ0) is 11.9. The van der Waals surface area contributed by atoms with Gasteiger partial charge in [0.2, 0.25) is 0 Å². The molecule has 0 aromatic heterocycles. The molecule has 1 aliphatic heterocycles. The lowest BCUT2D eigenvalue weighted by Crippen LogP contribution is -2.40. The van der Waals surface area contributed by atoms with Crippen molar-refractivity contribution >= 4 is 0 Å². The summed E-state index contributed by atoms with van der Waals surface area (Å²) in [5.41, 5.74) is 0. The fraction of sp³-hybridized carbons (Fsp3) is 1.00. The maximum atomic E-state index is 3.87. The molecule has 0 radical (unpaired) electrons. The van der Waals surface area contributed by atoms with Crippen LogP contribution in [-0.4, -0.2) is 24.7 Å².